The molecule has 1 saturated heterocycles. The van der Waals surface area contributed by atoms with Crippen molar-refractivity contribution in [2.24, 2.45) is 5.41 Å². The number of carbonyl (C=O) groups excluding carboxylic acids is 1. The summed E-state index contributed by atoms with van der Waals surface area (Å²) in [6.45, 7) is 9.62. The van der Waals surface area contributed by atoms with Gasteiger partial charge in [-0.05, 0) is 101 Å². The highest BCUT2D eigenvalue weighted by Gasteiger charge is 2.30. The number of aromatic nitrogens is 4. The van der Waals surface area contributed by atoms with Gasteiger partial charge in [0.15, 0.2) is 0 Å². The zero-order valence-corrected chi connectivity index (χ0v) is 28.3. The Morgan fingerprint density at radius 1 is 1.12 bits per heavy atom. The van der Waals surface area contributed by atoms with Crippen LogP contribution in [-0.2, 0) is 17.9 Å². The number of rotatable bonds is 6. The van der Waals surface area contributed by atoms with Crippen LogP contribution in [0.4, 0.5) is 14.6 Å². The van der Waals surface area contributed by atoms with Crippen molar-refractivity contribution in [3.63, 3.8) is 0 Å². The summed E-state index contributed by atoms with van der Waals surface area (Å²) in [4.78, 5) is 30.8. The monoisotopic (exact) mass is 664 g/mol. The maximum absolute atomic E-state index is 15.1. The first-order valence-electron chi connectivity index (χ1n) is 16.5. The molecule has 1 fully saturated rings. The standard InChI is InChI=1S/C38H38F2N6O3/c1-7-27-30(39)13-11-24-15-26(49-36(47)38(3,4)5)17-29(33(24)27)23-10-12-28-31(16-23)42-37(48-20-25-9-8-14-44(25)6)43-35(28)46-19-32-34(40)41-21-45(32)18-22(46)2/h1,10-13,15-17,21-22,25H,8-9,14,18-20H2,2-6H3/t22-,25+/m1/s1. The van der Waals surface area contributed by atoms with Crippen molar-refractivity contribution >= 4 is 33.5 Å². The maximum atomic E-state index is 15.1. The van der Waals surface area contributed by atoms with Crippen LogP contribution < -0.4 is 14.4 Å². The van der Waals surface area contributed by atoms with Gasteiger partial charge in [0.2, 0.25) is 5.95 Å². The summed E-state index contributed by atoms with van der Waals surface area (Å²) in [6, 6.07) is 12.4. The minimum absolute atomic E-state index is 0.0352. The van der Waals surface area contributed by atoms with Gasteiger partial charge < -0.3 is 23.8 Å². The number of esters is 1. The van der Waals surface area contributed by atoms with E-state index in [1.54, 1.807) is 39.0 Å². The fourth-order valence-electron chi connectivity index (χ4n) is 6.69. The largest absolute Gasteiger partial charge is 0.462 e. The number of hydrogen-bond donors (Lipinski definition) is 0. The van der Waals surface area contributed by atoms with Crippen molar-refractivity contribution < 1.29 is 23.0 Å². The summed E-state index contributed by atoms with van der Waals surface area (Å²) in [5.41, 5.74) is 1.68. The minimum atomic E-state index is -0.742. The van der Waals surface area contributed by atoms with Gasteiger partial charge in [-0.3, -0.25) is 4.79 Å². The van der Waals surface area contributed by atoms with Crippen LogP contribution in [-0.4, -0.2) is 62.7 Å². The van der Waals surface area contributed by atoms with E-state index in [1.807, 2.05) is 27.7 Å². The molecule has 49 heavy (non-hydrogen) atoms. The number of nitrogens with zero attached hydrogens (tertiary/aromatic N) is 6. The number of terminal acetylenes is 1. The van der Waals surface area contributed by atoms with Crippen LogP contribution in [0, 0.1) is 29.5 Å². The van der Waals surface area contributed by atoms with Gasteiger partial charge in [0.25, 0.3) is 0 Å². The zero-order chi connectivity index (χ0) is 34.6. The number of likely N-dealkylation sites (N-methyl/N-ethyl adjacent to an activating group) is 1. The third kappa shape index (κ3) is 6.06. The van der Waals surface area contributed by atoms with Gasteiger partial charge in [0.05, 0.1) is 35.1 Å². The Balaban J connectivity index is 1.39. The van der Waals surface area contributed by atoms with Gasteiger partial charge >= 0.3 is 12.0 Å². The van der Waals surface area contributed by atoms with E-state index in [2.05, 4.69) is 29.8 Å². The molecule has 0 spiro atoms. The topological polar surface area (TPSA) is 85.6 Å². The third-order valence-corrected chi connectivity index (χ3v) is 9.53. The Kier molecular flexibility index (Phi) is 8.23. The summed E-state index contributed by atoms with van der Waals surface area (Å²) < 4.78 is 43.7. The van der Waals surface area contributed by atoms with Crippen LogP contribution in [0.15, 0.2) is 48.8 Å². The molecule has 3 aromatic carbocycles. The predicted octanol–water partition coefficient (Wildman–Crippen LogP) is 6.74. The number of ether oxygens (including phenoxy) is 2. The molecule has 0 aliphatic carbocycles. The molecular formula is C38H38F2N6O3. The Hall–Kier alpha value is -5.08. The van der Waals surface area contributed by atoms with E-state index in [1.165, 1.54) is 12.4 Å². The number of anilines is 1. The first-order valence-corrected chi connectivity index (χ1v) is 16.5. The molecule has 2 aliphatic heterocycles. The van der Waals surface area contributed by atoms with Crippen molar-refractivity contribution in [1.29, 1.82) is 0 Å². The number of hydrogen-bond acceptors (Lipinski definition) is 8. The second kappa shape index (κ2) is 12.4. The number of carbonyl (C=O) groups is 1. The Labute approximate surface area is 283 Å². The Morgan fingerprint density at radius 3 is 2.67 bits per heavy atom. The number of fused-ring (bicyclic) bond motifs is 3. The van der Waals surface area contributed by atoms with E-state index in [0.717, 1.165) is 24.8 Å². The molecule has 11 heteroatoms. The lowest BCUT2D eigenvalue weighted by molar-refractivity contribution is -0.142. The van der Waals surface area contributed by atoms with Crippen molar-refractivity contribution in [3.8, 4) is 35.2 Å². The molecule has 0 radical (unpaired) electrons. The van der Waals surface area contributed by atoms with E-state index in [4.69, 9.17) is 25.9 Å². The first kappa shape index (κ1) is 32.5. The molecule has 2 aliphatic rings. The molecule has 2 atom stereocenters. The van der Waals surface area contributed by atoms with Crippen LogP contribution in [0.3, 0.4) is 0 Å². The number of imidazole rings is 1. The van der Waals surface area contributed by atoms with E-state index in [9.17, 15) is 9.18 Å². The fraction of sp³-hybridized carbons (Fsp3) is 0.368. The molecule has 5 aromatic rings. The number of halogens is 2. The predicted molar refractivity (Wildman–Crippen MR) is 184 cm³/mol. The summed E-state index contributed by atoms with van der Waals surface area (Å²) in [7, 11) is 2.08. The Morgan fingerprint density at radius 2 is 1.94 bits per heavy atom. The molecule has 252 valence electrons. The molecule has 4 heterocycles. The number of benzene rings is 3. The lowest BCUT2D eigenvalue weighted by Crippen LogP contribution is -2.41. The lowest BCUT2D eigenvalue weighted by atomic mass is 9.93. The normalized spacial score (nSPS) is 18.1. The highest BCUT2D eigenvalue weighted by molar-refractivity contribution is 6.04. The summed E-state index contributed by atoms with van der Waals surface area (Å²) in [5, 5.41) is 1.87. The molecular weight excluding hydrogens is 626 g/mol. The molecule has 9 nitrogen and oxygen atoms in total. The molecule has 0 N–H and O–H groups in total. The first-order chi connectivity index (χ1) is 23.4. The maximum Gasteiger partial charge on any atom is 0.319 e. The third-order valence-electron chi connectivity index (χ3n) is 9.53. The van der Waals surface area contributed by atoms with E-state index in [0.29, 0.717) is 57.8 Å². The smallest absolute Gasteiger partial charge is 0.319 e. The van der Waals surface area contributed by atoms with Crippen molar-refractivity contribution in [3.05, 3.63) is 71.8 Å². The summed E-state index contributed by atoms with van der Waals surface area (Å²) in [5.74, 6) is 2.00. The van der Waals surface area contributed by atoms with Crippen molar-refractivity contribution in [1.82, 2.24) is 24.4 Å². The van der Waals surface area contributed by atoms with Crippen LogP contribution in [0.2, 0.25) is 0 Å². The zero-order valence-electron chi connectivity index (χ0n) is 28.3. The molecule has 7 rings (SSSR count). The molecule has 0 saturated carbocycles. The van der Waals surface area contributed by atoms with Gasteiger partial charge in [-0.1, -0.05) is 18.1 Å². The summed E-state index contributed by atoms with van der Waals surface area (Å²) >= 11 is 0. The average molecular weight is 665 g/mol. The molecule has 0 amide bonds. The van der Waals surface area contributed by atoms with Crippen molar-refractivity contribution in [2.45, 2.75) is 65.7 Å². The van der Waals surface area contributed by atoms with Crippen LogP contribution in [0.1, 0.15) is 51.8 Å². The van der Waals surface area contributed by atoms with E-state index < -0.39 is 23.1 Å². The molecule has 0 unspecified atom stereocenters. The Bertz CT molecular complexity index is 2150. The average Bonchev–Trinajstić information content (AvgIpc) is 3.65. The van der Waals surface area contributed by atoms with Gasteiger partial charge in [-0.15, -0.1) is 6.42 Å². The summed E-state index contributed by atoms with van der Waals surface area (Å²) in [6.07, 6.45) is 9.49. The van der Waals surface area contributed by atoms with Crippen LogP contribution >= 0.6 is 0 Å². The quantitative estimate of drug-likeness (QED) is 0.112. The fourth-order valence-corrected chi connectivity index (χ4v) is 6.69. The van der Waals surface area contributed by atoms with Crippen LogP contribution in [0.25, 0.3) is 32.8 Å². The van der Waals surface area contributed by atoms with Gasteiger partial charge in [-0.2, -0.15) is 14.4 Å². The lowest BCUT2D eigenvalue weighted by Gasteiger charge is -2.35. The molecule has 0 bridgehead atoms. The van der Waals surface area contributed by atoms with E-state index >= 15 is 4.39 Å². The van der Waals surface area contributed by atoms with Gasteiger partial charge in [0, 0.05) is 29.4 Å². The molecule has 2 aromatic heterocycles. The van der Waals surface area contributed by atoms with E-state index in [-0.39, 0.29) is 30.2 Å². The van der Waals surface area contributed by atoms with Crippen LogP contribution in [0.5, 0.6) is 11.8 Å². The highest BCUT2D eigenvalue weighted by atomic mass is 19.1. The van der Waals surface area contributed by atoms with Gasteiger partial charge in [-0.25, -0.2) is 9.37 Å². The number of likely N-dealkylation sites (tertiary alicyclic amines) is 1. The van der Waals surface area contributed by atoms with Crippen molar-refractivity contribution in [2.75, 3.05) is 25.1 Å². The van der Waals surface area contributed by atoms with Gasteiger partial charge in [0.1, 0.15) is 24.0 Å². The minimum Gasteiger partial charge on any atom is -0.462 e. The second-order valence-corrected chi connectivity index (χ2v) is 14.0. The SMILES string of the molecule is C#Cc1c(F)ccc2cc(OC(=O)C(C)(C)C)cc(-c3ccc4c(N5Cc6c(F)ncn6C[C@H]5C)nc(OC[C@@H]5CCCN5C)nc4c3)c12. The highest BCUT2D eigenvalue weighted by Crippen LogP contribution is 2.39. The second-order valence-electron chi connectivity index (χ2n) is 14.0.